The van der Waals surface area contributed by atoms with Crippen LogP contribution in [0.15, 0.2) is 0 Å². The van der Waals surface area contributed by atoms with Gasteiger partial charge in [-0.3, -0.25) is 29.4 Å². The number of nitrogens with two attached hydrogens (primary N) is 1. The number of piperazine rings is 1. The van der Waals surface area contributed by atoms with Crippen molar-refractivity contribution < 1.29 is 29.0 Å². The maximum Gasteiger partial charge on any atom is 0.244 e. The number of amides is 4. The van der Waals surface area contributed by atoms with Gasteiger partial charge >= 0.3 is 0 Å². The molecule has 0 aromatic heterocycles. The fourth-order valence-corrected chi connectivity index (χ4v) is 7.83. The van der Waals surface area contributed by atoms with E-state index in [1.807, 2.05) is 27.7 Å². The SMILES string of the molecule is CCCCCC[C@H]1OC[C@@H](C)NC(=O)C(CN2CCNCC2)NC(=O)[C@H](CN)NC(=O)[C@H](C2CCCCC2)NC(O)[C@H](CC(C)C)N(C)C(=O)[C@@H]1C. The molecule has 2 aliphatic heterocycles. The molecule has 2 unspecified atom stereocenters. The standard InChI is InChI=1S/C38H72N8O6/c1-7-8-9-13-16-32-27(5)38(51)45(6)31(21-25(2)3)36(49)44-33(28-14-11-10-12-15-28)37(50)42-29(22-39)34(47)43-30(23-46-19-17-40-18-20-46)35(48)41-26(4)24-52-32/h25-33,36,40,44,49H,7-24,39H2,1-6H3,(H,41,48)(H,42,50)(H,43,47)/t26-,27-,29+,30?,31+,32-,33+,36?/m1/s1. The normalized spacial score (nSPS) is 32.1. The third-order valence-electron chi connectivity index (χ3n) is 11.1. The van der Waals surface area contributed by atoms with Gasteiger partial charge < -0.3 is 41.7 Å². The molecular formula is C38H72N8O6. The highest BCUT2D eigenvalue weighted by atomic mass is 16.5. The van der Waals surface area contributed by atoms with Gasteiger partial charge in [-0.2, -0.15) is 0 Å². The number of carbonyl (C=O) groups excluding carboxylic acids is 4. The summed E-state index contributed by atoms with van der Waals surface area (Å²) < 4.78 is 6.46. The first kappa shape index (κ1) is 44.0. The van der Waals surface area contributed by atoms with E-state index < -0.39 is 60.3 Å². The zero-order valence-corrected chi connectivity index (χ0v) is 33.0. The lowest BCUT2D eigenvalue weighted by Crippen LogP contribution is -2.63. The zero-order chi connectivity index (χ0) is 38.2. The van der Waals surface area contributed by atoms with Gasteiger partial charge in [-0.1, -0.05) is 72.6 Å². The number of hydrogen-bond donors (Lipinski definition) is 7. The highest BCUT2D eigenvalue weighted by Gasteiger charge is 2.39. The monoisotopic (exact) mass is 737 g/mol. The minimum Gasteiger partial charge on any atom is -0.376 e. The maximum atomic E-state index is 14.2. The fraction of sp³-hybridized carbons (Fsp3) is 0.895. The van der Waals surface area contributed by atoms with Gasteiger partial charge in [0.25, 0.3) is 0 Å². The van der Waals surface area contributed by atoms with Crippen molar-refractivity contribution in [1.82, 2.24) is 36.4 Å². The summed E-state index contributed by atoms with van der Waals surface area (Å²) in [5.41, 5.74) is 6.09. The molecule has 1 aliphatic carbocycles. The largest absolute Gasteiger partial charge is 0.376 e. The van der Waals surface area contributed by atoms with Gasteiger partial charge in [-0.15, -0.1) is 0 Å². The molecule has 2 saturated heterocycles. The van der Waals surface area contributed by atoms with Gasteiger partial charge in [-0.05, 0) is 44.4 Å². The van der Waals surface area contributed by atoms with Crippen molar-refractivity contribution in [2.45, 2.75) is 148 Å². The molecule has 0 spiro atoms. The van der Waals surface area contributed by atoms with Crippen LogP contribution in [-0.2, 0) is 23.9 Å². The average Bonchev–Trinajstić information content (AvgIpc) is 3.13. The molecule has 14 heteroatoms. The van der Waals surface area contributed by atoms with Crippen LogP contribution < -0.4 is 32.3 Å². The van der Waals surface area contributed by atoms with Crippen molar-refractivity contribution in [3.8, 4) is 0 Å². The minimum atomic E-state index is -1.21. The second kappa shape index (κ2) is 22.8. The molecule has 300 valence electrons. The Morgan fingerprint density at radius 1 is 0.904 bits per heavy atom. The molecule has 3 fully saturated rings. The first-order chi connectivity index (χ1) is 24.9. The van der Waals surface area contributed by atoms with E-state index in [0.29, 0.717) is 19.4 Å². The summed E-state index contributed by atoms with van der Waals surface area (Å²) in [7, 11) is 1.72. The number of aliphatic hydroxyl groups excluding tert-OH is 1. The lowest BCUT2D eigenvalue weighted by atomic mass is 9.83. The number of carbonyl (C=O) groups is 4. The first-order valence-electron chi connectivity index (χ1n) is 20.2. The Hall–Kier alpha value is -2.36. The van der Waals surface area contributed by atoms with E-state index in [2.05, 4.69) is 38.4 Å². The molecule has 8 atom stereocenters. The van der Waals surface area contributed by atoms with E-state index in [1.54, 1.807) is 11.9 Å². The summed E-state index contributed by atoms with van der Waals surface area (Å²) in [6, 6.07) is -3.83. The molecule has 3 aliphatic rings. The highest BCUT2D eigenvalue weighted by molar-refractivity contribution is 5.93. The number of likely N-dealkylation sites (N-methyl/N-ethyl adjacent to an activating group) is 1. The van der Waals surface area contributed by atoms with Crippen LogP contribution in [-0.4, -0.2) is 134 Å². The Kier molecular flexibility index (Phi) is 19.3. The number of ether oxygens (including phenoxy) is 1. The lowest BCUT2D eigenvalue weighted by molar-refractivity contribution is -0.146. The summed E-state index contributed by atoms with van der Waals surface area (Å²) in [4.78, 5) is 59.7. The van der Waals surface area contributed by atoms with Crippen LogP contribution in [0.5, 0.6) is 0 Å². The number of nitrogens with zero attached hydrogens (tertiary/aromatic N) is 2. The van der Waals surface area contributed by atoms with E-state index in [4.69, 9.17) is 10.5 Å². The van der Waals surface area contributed by atoms with Crippen LogP contribution >= 0.6 is 0 Å². The Bertz CT molecular complexity index is 1100. The van der Waals surface area contributed by atoms with Crippen LogP contribution in [0.4, 0.5) is 0 Å². The average molecular weight is 737 g/mol. The smallest absolute Gasteiger partial charge is 0.244 e. The maximum absolute atomic E-state index is 14.2. The first-order valence-corrected chi connectivity index (χ1v) is 20.2. The number of nitrogens with one attached hydrogen (secondary N) is 5. The van der Waals surface area contributed by atoms with E-state index in [0.717, 1.165) is 84.0 Å². The van der Waals surface area contributed by atoms with Crippen molar-refractivity contribution in [1.29, 1.82) is 0 Å². The summed E-state index contributed by atoms with van der Waals surface area (Å²) in [6.07, 6.45) is 8.27. The predicted molar refractivity (Wildman–Crippen MR) is 203 cm³/mol. The van der Waals surface area contributed by atoms with Crippen LogP contribution in [0.25, 0.3) is 0 Å². The van der Waals surface area contributed by atoms with E-state index in [1.165, 1.54) is 0 Å². The van der Waals surface area contributed by atoms with Crippen molar-refractivity contribution >= 4 is 23.6 Å². The summed E-state index contributed by atoms with van der Waals surface area (Å²) >= 11 is 0. The molecule has 0 aromatic rings. The van der Waals surface area contributed by atoms with E-state index in [-0.39, 0.29) is 36.8 Å². The Morgan fingerprint density at radius 3 is 2.19 bits per heavy atom. The van der Waals surface area contributed by atoms with Crippen molar-refractivity contribution in [3.63, 3.8) is 0 Å². The Labute approximate surface area is 312 Å². The Morgan fingerprint density at radius 2 is 1.56 bits per heavy atom. The van der Waals surface area contributed by atoms with E-state index in [9.17, 15) is 24.3 Å². The quantitative estimate of drug-likeness (QED) is 0.151. The van der Waals surface area contributed by atoms with Crippen molar-refractivity contribution in [3.05, 3.63) is 0 Å². The third-order valence-corrected chi connectivity index (χ3v) is 11.1. The predicted octanol–water partition coefficient (Wildman–Crippen LogP) is 1.06. The number of hydrogen-bond acceptors (Lipinski definition) is 10. The number of aliphatic hydroxyl groups is 1. The molecule has 52 heavy (non-hydrogen) atoms. The molecule has 0 aromatic carbocycles. The zero-order valence-electron chi connectivity index (χ0n) is 33.0. The van der Waals surface area contributed by atoms with Gasteiger partial charge in [0.1, 0.15) is 18.3 Å². The van der Waals surface area contributed by atoms with Crippen LogP contribution in [0, 0.1) is 17.8 Å². The van der Waals surface area contributed by atoms with Gasteiger partial charge in [-0.25, -0.2) is 0 Å². The molecule has 4 amide bonds. The van der Waals surface area contributed by atoms with Crippen molar-refractivity contribution in [2.75, 3.05) is 52.9 Å². The van der Waals surface area contributed by atoms with Crippen LogP contribution in [0.1, 0.15) is 105 Å². The molecule has 3 rings (SSSR count). The second-order valence-corrected chi connectivity index (χ2v) is 16.0. The molecule has 8 N–H and O–H groups in total. The van der Waals surface area contributed by atoms with Gasteiger partial charge in [0, 0.05) is 52.4 Å². The summed E-state index contributed by atoms with van der Waals surface area (Å²) in [5, 5.41) is 27.2. The number of rotatable bonds is 11. The van der Waals surface area contributed by atoms with Gasteiger partial charge in [0.15, 0.2) is 0 Å². The molecule has 1 saturated carbocycles. The Balaban J connectivity index is 2.00. The minimum absolute atomic E-state index is 0.0766. The summed E-state index contributed by atoms with van der Waals surface area (Å²) in [5.74, 6) is -1.91. The lowest BCUT2D eigenvalue weighted by Gasteiger charge is -2.39. The molecule has 2 heterocycles. The van der Waals surface area contributed by atoms with Gasteiger partial charge in [0.05, 0.1) is 30.7 Å². The highest BCUT2D eigenvalue weighted by Crippen LogP contribution is 2.28. The van der Waals surface area contributed by atoms with E-state index >= 15 is 0 Å². The van der Waals surface area contributed by atoms with Gasteiger partial charge in [0.2, 0.25) is 23.6 Å². The molecule has 14 nitrogen and oxygen atoms in total. The molecule has 0 radical (unpaired) electrons. The van der Waals surface area contributed by atoms with Crippen LogP contribution in [0.2, 0.25) is 0 Å². The molecular weight excluding hydrogens is 664 g/mol. The topological polar surface area (TPSA) is 190 Å². The summed E-state index contributed by atoms with van der Waals surface area (Å²) in [6.45, 7) is 13.3. The second-order valence-electron chi connectivity index (χ2n) is 16.0. The van der Waals surface area contributed by atoms with Crippen LogP contribution in [0.3, 0.4) is 0 Å². The third kappa shape index (κ3) is 13.8. The molecule has 0 bridgehead atoms. The van der Waals surface area contributed by atoms with Crippen molar-refractivity contribution in [2.24, 2.45) is 23.5 Å². The number of unbranched alkanes of at least 4 members (excludes halogenated alkanes) is 3. The fourth-order valence-electron chi connectivity index (χ4n) is 7.83.